The maximum atomic E-state index is 11.7. The van der Waals surface area contributed by atoms with E-state index in [4.69, 9.17) is 0 Å². The van der Waals surface area contributed by atoms with Crippen molar-refractivity contribution in [1.29, 1.82) is 0 Å². The first-order valence-electron chi connectivity index (χ1n) is 5.55. The molecule has 0 bridgehead atoms. The van der Waals surface area contributed by atoms with Crippen LogP contribution in [0.2, 0.25) is 0 Å². The Kier molecular flexibility index (Phi) is 4.18. The van der Waals surface area contributed by atoms with Crippen LogP contribution in [-0.4, -0.2) is 50.0 Å². The molecule has 1 rings (SSSR count). The minimum Gasteiger partial charge on any atom is -0.336 e. The van der Waals surface area contributed by atoms with Crippen molar-refractivity contribution in [3.05, 3.63) is 0 Å². The molecule has 1 aliphatic heterocycles. The number of amides is 2. The van der Waals surface area contributed by atoms with Crippen molar-refractivity contribution in [1.82, 2.24) is 10.2 Å². The molecule has 94 valence electrons. The molecule has 0 aromatic heterocycles. The number of rotatable bonds is 2. The van der Waals surface area contributed by atoms with Gasteiger partial charge in [-0.05, 0) is 26.7 Å². The molecule has 2 amide bonds. The van der Waals surface area contributed by atoms with Crippen LogP contribution < -0.4 is 5.32 Å². The van der Waals surface area contributed by atoms with Crippen molar-refractivity contribution in [2.24, 2.45) is 0 Å². The molecule has 1 fully saturated rings. The third kappa shape index (κ3) is 3.66. The summed E-state index contributed by atoms with van der Waals surface area (Å²) in [6, 6.07) is -0.0885. The highest BCUT2D eigenvalue weighted by atomic mass is 32.2. The Morgan fingerprint density at radius 1 is 1.44 bits per heavy atom. The van der Waals surface area contributed by atoms with Gasteiger partial charge in [0, 0.05) is 25.4 Å². The monoisotopic (exact) mass is 248 g/mol. The SMILES string of the molecule is CC(C)NC(=O)N1CCCC(S(C)(=O)=O)C1. The number of nitrogens with one attached hydrogen (secondary N) is 1. The van der Waals surface area contributed by atoms with Crippen LogP contribution in [-0.2, 0) is 9.84 Å². The standard InChI is InChI=1S/C10H20N2O3S/c1-8(2)11-10(13)12-6-4-5-9(7-12)16(3,14)15/h8-9H,4-7H2,1-3H3,(H,11,13). The molecular formula is C10H20N2O3S. The topological polar surface area (TPSA) is 66.5 Å². The average molecular weight is 248 g/mol. The number of carbonyl (C=O) groups is 1. The molecule has 1 atom stereocenters. The predicted molar refractivity (Wildman–Crippen MR) is 63.1 cm³/mol. The van der Waals surface area contributed by atoms with Crippen LogP contribution in [0.5, 0.6) is 0 Å². The second kappa shape index (κ2) is 5.03. The highest BCUT2D eigenvalue weighted by molar-refractivity contribution is 7.91. The third-order valence-electron chi connectivity index (χ3n) is 2.68. The Balaban J connectivity index is 2.60. The second-order valence-electron chi connectivity index (χ2n) is 4.64. The van der Waals surface area contributed by atoms with Gasteiger partial charge in [0.05, 0.1) is 5.25 Å². The molecule has 0 aliphatic carbocycles. The summed E-state index contributed by atoms with van der Waals surface area (Å²) in [5.41, 5.74) is 0. The summed E-state index contributed by atoms with van der Waals surface area (Å²) in [5.74, 6) is 0. The van der Waals surface area contributed by atoms with Gasteiger partial charge < -0.3 is 10.2 Å². The van der Waals surface area contributed by atoms with Crippen molar-refractivity contribution in [3.8, 4) is 0 Å². The highest BCUT2D eigenvalue weighted by Crippen LogP contribution is 2.16. The van der Waals surface area contributed by atoms with Gasteiger partial charge in [0.1, 0.15) is 0 Å². The lowest BCUT2D eigenvalue weighted by Crippen LogP contribution is -2.50. The molecule has 0 radical (unpaired) electrons. The second-order valence-corrected chi connectivity index (χ2v) is 6.97. The van der Waals surface area contributed by atoms with Crippen molar-refractivity contribution in [2.45, 2.75) is 38.0 Å². The zero-order valence-corrected chi connectivity index (χ0v) is 10.9. The summed E-state index contributed by atoms with van der Waals surface area (Å²) < 4.78 is 22.8. The van der Waals surface area contributed by atoms with Crippen molar-refractivity contribution in [3.63, 3.8) is 0 Å². The number of carbonyl (C=O) groups excluding carboxylic acids is 1. The molecule has 1 aliphatic rings. The van der Waals surface area contributed by atoms with Crippen LogP contribution in [0, 0.1) is 0 Å². The molecule has 1 N–H and O–H groups in total. The Labute approximate surface area is 97.1 Å². The van der Waals surface area contributed by atoms with Gasteiger partial charge in [0.25, 0.3) is 0 Å². The van der Waals surface area contributed by atoms with E-state index in [0.29, 0.717) is 19.5 Å². The first-order valence-corrected chi connectivity index (χ1v) is 7.50. The van der Waals surface area contributed by atoms with Crippen LogP contribution in [0.25, 0.3) is 0 Å². The fourth-order valence-electron chi connectivity index (χ4n) is 1.81. The van der Waals surface area contributed by atoms with E-state index in [1.54, 1.807) is 4.90 Å². The summed E-state index contributed by atoms with van der Waals surface area (Å²) in [6.45, 7) is 4.73. The normalized spacial score (nSPS) is 22.2. The van der Waals surface area contributed by atoms with E-state index in [2.05, 4.69) is 5.32 Å². The molecule has 0 aromatic carbocycles. The number of likely N-dealkylation sites (tertiary alicyclic amines) is 1. The fourth-order valence-corrected chi connectivity index (χ4v) is 2.86. The number of hydrogen-bond acceptors (Lipinski definition) is 3. The van der Waals surface area contributed by atoms with Crippen molar-refractivity contribution < 1.29 is 13.2 Å². The molecule has 0 saturated carbocycles. The lowest BCUT2D eigenvalue weighted by Gasteiger charge is -2.32. The van der Waals surface area contributed by atoms with E-state index in [1.165, 1.54) is 6.26 Å². The van der Waals surface area contributed by atoms with Crippen LogP contribution in [0.1, 0.15) is 26.7 Å². The first kappa shape index (κ1) is 13.3. The summed E-state index contributed by atoms with van der Waals surface area (Å²) in [6.07, 6.45) is 2.65. The average Bonchev–Trinajstić information content (AvgIpc) is 2.15. The molecule has 5 nitrogen and oxygen atoms in total. The minimum atomic E-state index is -3.04. The maximum absolute atomic E-state index is 11.7. The zero-order chi connectivity index (χ0) is 12.3. The van der Waals surface area contributed by atoms with E-state index in [-0.39, 0.29) is 12.1 Å². The van der Waals surface area contributed by atoms with Crippen LogP contribution in [0.3, 0.4) is 0 Å². The molecule has 1 heterocycles. The van der Waals surface area contributed by atoms with E-state index < -0.39 is 15.1 Å². The molecule has 1 saturated heterocycles. The number of nitrogens with zero attached hydrogens (tertiary/aromatic N) is 1. The van der Waals surface area contributed by atoms with Crippen LogP contribution in [0.15, 0.2) is 0 Å². The summed E-state index contributed by atoms with van der Waals surface area (Å²) in [7, 11) is -3.04. The number of sulfone groups is 1. The summed E-state index contributed by atoms with van der Waals surface area (Å²) in [4.78, 5) is 13.3. The third-order valence-corrected chi connectivity index (χ3v) is 4.28. The lowest BCUT2D eigenvalue weighted by molar-refractivity contribution is 0.185. The lowest BCUT2D eigenvalue weighted by atomic mass is 10.1. The van der Waals surface area contributed by atoms with Gasteiger partial charge in [0.2, 0.25) is 0 Å². The van der Waals surface area contributed by atoms with Gasteiger partial charge in [0.15, 0.2) is 9.84 Å². The molecule has 16 heavy (non-hydrogen) atoms. The van der Waals surface area contributed by atoms with E-state index >= 15 is 0 Å². The Hall–Kier alpha value is -0.780. The van der Waals surface area contributed by atoms with Gasteiger partial charge in [-0.15, -0.1) is 0 Å². The van der Waals surface area contributed by atoms with Gasteiger partial charge in [-0.1, -0.05) is 0 Å². The number of piperidine rings is 1. The Morgan fingerprint density at radius 2 is 2.06 bits per heavy atom. The molecule has 6 heteroatoms. The first-order chi connectivity index (χ1) is 7.30. The smallest absolute Gasteiger partial charge is 0.317 e. The number of urea groups is 1. The molecule has 0 spiro atoms. The minimum absolute atomic E-state index is 0.0751. The summed E-state index contributed by atoms with van der Waals surface area (Å²) >= 11 is 0. The number of hydrogen-bond donors (Lipinski definition) is 1. The van der Waals surface area contributed by atoms with E-state index in [9.17, 15) is 13.2 Å². The van der Waals surface area contributed by atoms with Gasteiger partial charge in [-0.2, -0.15) is 0 Å². The van der Waals surface area contributed by atoms with Gasteiger partial charge >= 0.3 is 6.03 Å². The largest absolute Gasteiger partial charge is 0.336 e. The highest BCUT2D eigenvalue weighted by Gasteiger charge is 2.29. The summed E-state index contributed by atoms with van der Waals surface area (Å²) in [5, 5.41) is 2.37. The van der Waals surface area contributed by atoms with Crippen molar-refractivity contribution in [2.75, 3.05) is 19.3 Å². The van der Waals surface area contributed by atoms with Gasteiger partial charge in [-0.25, -0.2) is 13.2 Å². The molecule has 0 aromatic rings. The quantitative estimate of drug-likeness (QED) is 0.778. The Bertz CT molecular complexity index is 351. The van der Waals surface area contributed by atoms with Crippen LogP contribution in [0.4, 0.5) is 4.79 Å². The van der Waals surface area contributed by atoms with E-state index in [1.807, 2.05) is 13.8 Å². The fraction of sp³-hybridized carbons (Fsp3) is 0.900. The Morgan fingerprint density at radius 3 is 2.56 bits per heavy atom. The van der Waals surface area contributed by atoms with Gasteiger partial charge in [-0.3, -0.25) is 0 Å². The van der Waals surface area contributed by atoms with Crippen molar-refractivity contribution >= 4 is 15.9 Å². The molecular weight excluding hydrogens is 228 g/mol. The van der Waals surface area contributed by atoms with E-state index in [0.717, 1.165) is 6.42 Å². The van der Waals surface area contributed by atoms with Crippen LogP contribution >= 0.6 is 0 Å². The zero-order valence-electron chi connectivity index (χ0n) is 10.1. The molecule has 1 unspecified atom stereocenters. The maximum Gasteiger partial charge on any atom is 0.317 e. The predicted octanol–water partition coefficient (Wildman–Crippen LogP) is 0.613.